The molecular formula is C11H17ClFN3. The summed E-state index contributed by atoms with van der Waals surface area (Å²) in [4.78, 5) is 3.89. The zero-order valence-electron chi connectivity index (χ0n) is 9.56. The van der Waals surface area contributed by atoms with Crippen LogP contribution >= 0.6 is 11.6 Å². The number of halogens is 2. The van der Waals surface area contributed by atoms with Gasteiger partial charge in [0.25, 0.3) is 0 Å². The molecule has 0 radical (unpaired) electrons. The van der Waals surface area contributed by atoms with E-state index in [0.717, 1.165) is 6.42 Å². The van der Waals surface area contributed by atoms with Gasteiger partial charge in [-0.15, -0.1) is 0 Å². The SMILES string of the molecule is CC(C)(CCN)CNc1ncc(Cl)cc1F. The number of aromatic nitrogens is 1. The van der Waals surface area contributed by atoms with Gasteiger partial charge in [-0.3, -0.25) is 0 Å². The summed E-state index contributed by atoms with van der Waals surface area (Å²) in [7, 11) is 0. The summed E-state index contributed by atoms with van der Waals surface area (Å²) < 4.78 is 13.4. The highest BCUT2D eigenvalue weighted by atomic mass is 35.5. The summed E-state index contributed by atoms with van der Waals surface area (Å²) in [5, 5.41) is 3.26. The van der Waals surface area contributed by atoms with E-state index in [1.807, 2.05) is 0 Å². The van der Waals surface area contributed by atoms with Crippen molar-refractivity contribution in [2.45, 2.75) is 20.3 Å². The summed E-state index contributed by atoms with van der Waals surface area (Å²) in [5.41, 5.74) is 5.51. The summed E-state index contributed by atoms with van der Waals surface area (Å²) >= 11 is 5.61. The molecule has 0 aliphatic rings. The molecule has 0 fully saturated rings. The number of nitrogens with zero attached hydrogens (tertiary/aromatic N) is 1. The van der Waals surface area contributed by atoms with Gasteiger partial charge < -0.3 is 11.1 Å². The van der Waals surface area contributed by atoms with Crippen LogP contribution in [0.4, 0.5) is 10.2 Å². The number of hydrogen-bond acceptors (Lipinski definition) is 3. The van der Waals surface area contributed by atoms with Gasteiger partial charge >= 0.3 is 0 Å². The van der Waals surface area contributed by atoms with Gasteiger partial charge in [0.1, 0.15) is 0 Å². The highest BCUT2D eigenvalue weighted by Crippen LogP contribution is 2.21. The van der Waals surface area contributed by atoms with Crippen LogP contribution in [0.3, 0.4) is 0 Å². The van der Waals surface area contributed by atoms with Crippen LogP contribution in [0, 0.1) is 11.2 Å². The van der Waals surface area contributed by atoms with Crippen molar-refractivity contribution < 1.29 is 4.39 Å². The van der Waals surface area contributed by atoms with E-state index in [4.69, 9.17) is 17.3 Å². The molecule has 0 bridgehead atoms. The van der Waals surface area contributed by atoms with E-state index in [-0.39, 0.29) is 11.2 Å². The van der Waals surface area contributed by atoms with Crippen LogP contribution in [0.5, 0.6) is 0 Å². The highest BCUT2D eigenvalue weighted by molar-refractivity contribution is 6.30. The minimum atomic E-state index is -0.434. The van der Waals surface area contributed by atoms with Gasteiger partial charge in [-0.1, -0.05) is 25.4 Å². The van der Waals surface area contributed by atoms with Gasteiger partial charge in [0, 0.05) is 12.7 Å². The third kappa shape index (κ3) is 3.94. The molecule has 1 heterocycles. The summed E-state index contributed by atoms with van der Waals surface area (Å²) in [6.45, 7) is 5.38. The molecular weight excluding hydrogens is 229 g/mol. The summed E-state index contributed by atoms with van der Waals surface area (Å²) in [6, 6.07) is 1.24. The Morgan fingerprint density at radius 3 is 2.81 bits per heavy atom. The predicted octanol–water partition coefficient (Wildman–Crippen LogP) is 2.66. The first-order valence-electron chi connectivity index (χ1n) is 5.19. The quantitative estimate of drug-likeness (QED) is 0.839. The van der Waals surface area contributed by atoms with E-state index in [9.17, 15) is 4.39 Å². The monoisotopic (exact) mass is 245 g/mol. The maximum Gasteiger partial charge on any atom is 0.166 e. The van der Waals surface area contributed by atoms with E-state index in [1.165, 1.54) is 12.3 Å². The lowest BCUT2D eigenvalue weighted by Crippen LogP contribution is -2.26. The number of pyridine rings is 1. The lowest BCUT2D eigenvalue weighted by atomic mass is 9.89. The third-order valence-corrected chi connectivity index (χ3v) is 2.57. The van der Waals surface area contributed by atoms with Crippen LogP contribution in [0.15, 0.2) is 12.3 Å². The van der Waals surface area contributed by atoms with Gasteiger partial charge in [-0.25, -0.2) is 9.37 Å². The number of hydrogen-bond donors (Lipinski definition) is 2. The van der Waals surface area contributed by atoms with Gasteiger partial charge in [0.2, 0.25) is 0 Å². The maximum atomic E-state index is 13.4. The lowest BCUT2D eigenvalue weighted by Gasteiger charge is -2.24. The van der Waals surface area contributed by atoms with Crippen molar-refractivity contribution in [2.24, 2.45) is 11.1 Å². The number of rotatable bonds is 5. The molecule has 0 amide bonds. The second-order valence-corrected chi connectivity index (χ2v) is 4.98. The smallest absolute Gasteiger partial charge is 0.166 e. The van der Waals surface area contributed by atoms with E-state index in [2.05, 4.69) is 24.1 Å². The Kier molecular flexibility index (Phi) is 4.50. The van der Waals surface area contributed by atoms with Crippen molar-refractivity contribution in [1.82, 2.24) is 4.98 Å². The zero-order chi connectivity index (χ0) is 12.2. The molecule has 3 N–H and O–H groups in total. The normalized spacial score (nSPS) is 11.6. The Morgan fingerprint density at radius 1 is 1.56 bits per heavy atom. The minimum Gasteiger partial charge on any atom is -0.367 e. The Bertz CT molecular complexity index is 355. The molecule has 16 heavy (non-hydrogen) atoms. The standard InChI is InChI=1S/C11H17ClFN3/c1-11(2,3-4-14)7-16-10-9(13)5-8(12)6-15-10/h5-6H,3-4,7,14H2,1-2H3,(H,15,16). The Hall–Kier alpha value is -0.870. The van der Waals surface area contributed by atoms with Gasteiger partial charge in [0.05, 0.1) is 5.02 Å². The van der Waals surface area contributed by atoms with Gasteiger partial charge in [-0.05, 0) is 24.4 Å². The Balaban J connectivity index is 2.61. The molecule has 1 aromatic heterocycles. The van der Waals surface area contributed by atoms with Crippen LogP contribution in [-0.4, -0.2) is 18.1 Å². The molecule has 0 saturated carbocycles. The number of anilines is 1. The first-order chi connectivity index (χ1) is 7.44. The Morgan fingerprint density at radius 2 is 2.25 bits per heavy atom. The van der Waals surface area contributed by atoms with Crippen molar-refractivity contribution in [1.29, 1.82) is 0 Å². The van der Waals surface area contributed by atoms with E-state index < -0.39 is 5.82 Å². The molecule has 0 aliphatic heterocycles. The van der Waals surface area contributed by atoms with Crippen LogP contribution in [0.2, 0.25) is 5.02 Å². The zero-order valence-corrected chi connectivity index (χ0v) is 10.3. The molecule has 0 spiro atoms. The summed E-state index contributed by atoms with van der Waals surface area (Å²) in [5.74, 6) is -0.203. The second kappa shape index (κ2) is 5.46. The van der Waals surface area contributed by atoms with Gasteiger partial charge in [-0.2, -0.15) is 0 Å². The molecule has 90 valence electrons. The highest BCUT2D eigenvalue weighted by Gasteiger charge is 2.17. The van der Waals surface area contributed by atoms with Crippen molar-refractivity contribution in [2.75, 3.05) is 18.4 Å². The fourth-order valence-electron chi connectivity index (χ4n) is 1.35. The number of nitrogens with two attached hydrogens (primary N) is 1. The Labute approximate surface area is 100 Å². The molecule has 0 saturated heterocycles. The average Bonchev–Trinajstić information content (AvgIpc) is 2.16. The summed E-state index contributed by atoms with van der Waals surface area (Å²) in [6.07, 6.45) is 2.29. The lowest BCUT2D eigenvalue weighted by molar-refractivity contribution is 0.364. The molecule has 1 aromatic rings. The van der Waals surface area contributed by atoms with Crippen LogP contribution in [0.1, 0.15) is 20.3 Å². The van der Waals surface area contributed by atoms with Crippen molar-refractivity contribution in [3.05, 3.63) is 23.1 Å². The van der Waals surface area contributed by atoms with E-state index in [0.29, 0.717) is 18.1 Å². The molecule has 0 unspecified atom stereocenters. The topological polar surface area (TPSA) is 50.9 Å². The third-order valence-electron chi connectivity index (χ3n) is 2.36. The van der Waals surface area contributed by atoms with E-state index >= 15 is 0 Å². The molecule has 0 atom stereocenters. The van der Waals surface area contributed by atoms with Crippen molar-refractivity contribution in [3.63, 3.8) is 0 Å². The maximum absolute atomic E-state index is 13.4. The second-order valence-electron chi connectivity index (χ2n) is 4.54. The molecule has 1 rings (SSSR count). The first kappa shape index (κ1) is 13.2. The van der Waals surface area contributed by atoms with Crippen LogP contribution in [-0.2, 0) is 0 Å². The van der Waals surface area contributed by atoms with Crippen molar-refractivity contribution in [3.8, 4) is 0 Å². The largest absolute Gasteiger partial charge is 0.367 e. The fourth-order valence-corrected chi connectivity index (χ4v) is 1.49. The first-order valence-corrected chi connectivity index (χ1v) is 5.57. The van der Waals surface area contributed by atoms with Crippen LogP contribution < -0.4 is 11.1 Å². The van der Waals surface area contributed by atoms with Gasteiger partial charge in [0.15, 0.2) is 11.6 Å². The number of nitrogens with one attached hydrogen (secondary N) is 1. The van der Waals surface area contributed by atoms with Crippen LogP contribution in [0.25, 0.3) is 0 Å². The predicted molar refractivity (Wildman–Crippen MR) is 65.1 cm³/mol. The molecule has 0 aromatic carbocycles. The fraction of sp³-hybridized carbons (Fsp3) is 0.545. The minimum absolute atomic E-state index is 0.0164. The molecule has 3 nitrogen and oxygen atoms in total. The molecule has 0 aliphatic carbocycles. The van der Waals surface area contributed by atoms with E-state index in [1.54, 1.807) is 0 Å². The average molecular weight is 246 g/mol. The van der Waals surface area contributed by atoms with Crippen molar-refractivity contribution >= 4 is 17.4 Å². The molecule has 5 heteroatoms.